The third-order valence-corrected chi connectivity index (χ3v) is 3.98. The van der Waals surface area contributed by atoms with Gasteiger partial charge in [-0.25, -0.2) is 0 Å². The van der Waals surface area contributed by atoms with Crippen LogP contribution in [0.25, 0.3) is 10.9 Å². The van der Waals surface area contributed by atoms with Gasteiger partial charge in [0.2, 0.25) is 5.91 Å². The molecule has 0 aliphatic carbocycles. The third kappa shape index (κ3) is 2.12. The summed E-state index contributed by atoms with van der Waals surface area (Å²) in [6, 6.07) is 5.88. The zero-order valence-corrected chi connectivity index (χ0v) is 11.9. The van der Waals surface area contributed by atoms with Crippen molar-refractivity contribution in [3.8, 4) is 0 Å². The van der Waals surface area contributed by atoms with Crippen LogP contribution in [-0.2, 0) is 17.8 Å². The normalized spacial score (nSPS) is 15.1. The van der Waals surface area contributed by atoms with Gasteiger partial charge in [0.25, 0.3) is 0 Å². The van der Waals surface area contributed by atoms with Crippen LogP contribution in [0.3, 0.4) is 0 Å². The summed E-state index contributed by atoms with van der Waals surface area (Å²) in [5, 5.41) is 1.88. The van der Waals surface area contributed by atoms with Crippen LogP contribution in [0.1, 0.15) is 25.1 Å². The number of hydrogen-bond donors (Lipinski definition) is 1. The van der Waals surface area contributed by atoms with E-state index in [1.807, 2.05) is 36.9 Å². The molecule has 1 amide bonds. The number of rotatable bonds is 1. The number of carbonyl (C=O) groups excluding carboxylic acids is 1. The number of hydrogen-bond acceptors (Lipinski definition) is 1. The molecule has 0 spiro atoms. The molecular weight excluding hydrogens is 260 g/mol. The van der Waals surface area contributed by atoms with E-state index in [2.05, 4.69) is 4.98 Å². The van der Waals surface area contributed by atoms with Crippen LogP contribution >= 0.6 is 11.6 Å². The summed E-state index contributed by atoms with van der Waals surface area (Å²) in [5.41, 5.74) is 3.57. The molecule has 4 heteroatoms. The number of H-pyrrole nitrogens is 1. The van der Waals surface area contributed by atoms with E-state index in [9.17, 15) is 4.79 Å². The average molecular weight is 277 g/mol. The van der Waals surface area contributed by atoms with Gasteiger partial charge in [0.1, 0.15) is 0 Å². The van der Waals surface area contributed by atoms with E-state index in [1.54, 1.807) is 0 Å². The summed E-state index contributed by atoms with van der Waals surface area (Å²) in [4.78, 5) is 17.5. The molecule has 2 heterocycles. The zero-order chi connectivity index (χ0) is 13.6. The lowest BCUT2D eigenvalue weighted by Gasteiger charge is -2.28. The van der Waals surface area contributed by atoms with E-state index < -0.39 is 0 Å². The first-order chi connectivity index (χ1) is 9.06. The van der Waals surface area contributed by atoms with Crippen molar-refractivity contribution < 1.29 is 4.79 Å². The molecule has 3 rings (SSSR count). The largest absolute Gasteiger partial charge is 0.358 e. The Bertz CT molecular complexity index is 645. The van der Waals surface area contributed by atoms with Crippen molar-refractivity contribution in [1.82, 2.24) is 9.88 Å². The second-order valence-electron chi connectivity index (χ2n) is 5.44. The van der Waals surface area contributed by atoms with Gasteiger partial charge in [-0.05, 0) is 18.2 Å². The molecule has 0 atom stereocenters. The van der Waals surface area contributed by atoms with Crippen LogP contribution in [0, 0.1) is 5.92 Å². The number of nitrogens with zero attached hydrogens (tertiary/aromatic N) is 1. The van der Waals surface area contributed by atoms with E-state index in [-0.39, 0.29) is 11.8 Å². The van der Waals surface area contributed by atoms with Crippen LogP contribution in [0.4, 0.5) is 0 Å². The van der Waals surface area contributed by atoms with E-state index in [1.165, 1.54) is 11.3 Å². The Morgan fingerprint density at radius 3 is 2.95 bits per heavy atom. The first kappa shape index (κ1) is 12.5. The summed E-state index contributed by atoms with van der Waals surface area (Å²) in [5.74, 6) is 0.275. The van der Waals surface area contributed by atoms with Crippen molar-refractivity contribution in [2.45, 2.75) is 26.8 Å². The highest BCUT2D eigenvalue weighted by molar-refractivity contribution is 6.31. The fourth-order valence-corrected chi connectivity index (χ4v) is 2.91. The van der Waals surface area contributed by atoms with Gasteiger partial charge in [-0.2, -0.15) is 0 Å². The second kappa shape index (κ2) is 4.57. The standard InChI is InChI=1S/C15H17ClN2O/c1-9(2)15(19)18-6-5-14-12(8-18)11-7-10(16)3-4-13(11)17-14/h3-4,7,9,17H,5-6,8H2,1-2H3. The lowest BCUT2D eigenvalue weighted by molar-refractivity contribution is -0.135. The van der Waals surface area contributed by atoms with Crippen LogP contribution < -0.4 is 0 Å². The Kier molecular flexibility index (Phi) is 3.02. The number of benzene rings is 1. The highest BCUT2D eigenvalue weighted by atomic mass is 35.5. The molecule has 0 saturated heterocycles. The first-order valence-corrected chi connectivity index (χ1v) is 7.02. The Morgan fingerprint density at radius 2 is 2.21 bits per heavy atom. The summed E-state index contributed by atoms with van der Waals surface area (Å²) in [6.07, 6.45) is 0.889. The molecule has 1 aromatic carbocycles. The molecular formula is C15H17ClN2O. The van der Waals surface area contributed by atoms with Crippen molar-refractivity contribution in [2.75, 3.05) is 6.54 Å². The summed E-state index contributed by atoms with van der Waals surface area (Å²) < 4.78 is 0. The molecule has 0 radical (unpaired) electrons. The predicted molar refractivity (Wildman–Crippen MR) is 77.3 cm³/mol. The Labute approximate surface area is 117 Å². The highest BCUT2D eigenvalue weighted by Crippen LogP contribution is 2.30. The number of carbonyl (C=O) groups is 1. The fourth-order valence-electron chi connectivity index (χ4n) is 2.74. The summed E-state index contributed by atoms with van der Waals surface area (Å²) >= 11 is 6.07. The van der Waals surface area contributed by atoms with Crippen LogP contribution in [0.15, 0.2) is 18.2 Å². The van der Waals surface area contributed by atoms with E-state index >= 15 is 0 Å². The van der Waals surface area contributed by atoms with Gasteiger partial charge in [-0.3, -0.25) is 4.79 Å². The maximum atomic E-state index is 12.1. The number of halogens is 1. The zero-order valence-electron chi connectivity index (χ0n) is 11.2. The lowest BCUT2D eigenvalue weighted by Crippen LogP contribution is -2.38. The maximum absolute atomic E-state index is 12.1. The lowest BCUT2D eigenvalue weighted by atomic mass is 10.0. The van der Waals surface area contributed by atoms with E-state index in [0.717, 1.165) is 28.9 Å². The number of amides is 1. The third-order valence-electron chi connectivity index (χ3n) is 3.74. The van der Waals surface area contributed by atoms with Crippen molar-refractivity contribution in [3.05, 3.63) is 34.5 Å². The van der Waals surface area contributed by atoms with Gasteiger partial charge in [-0.15, -0.1) is 0 Å². The summed E-state index contributed by atoms with van der Waals surface area (Å²) in [7, 11) is 0. The molecule has 2 aromatic rings. The van der Waals surface area contributed by atoms with Gasteiger partial charge < -0.3 is 9.88 Å². The molecule has 0 bridgehead atoms. The maximum Gasteiger partial charge on any atom is 0.225 e. The quantitative estimate of drug-likeness (QED) is 0.852. The average Bonchev–Trinajstić information content (AvgIpc) is 2.75. The molecule has 3 nitrogen and oxygen atoms in total. The van der Waals surface area contributed by atoms with Crippen molar-refractivity contribution in [3.63, 3.8) is 0 Å². The minimum Gasteiger partial charge on any atom is -0.358 e. The minimum atomic E-state index is 0.0512. The monoisotopic (exact) mass is 276 g/mol. The van der Waals surface area contributed by atoms with Gasteiger partial charge >= 0.3 is 0 Å². The Morgan fingerprint density at radius 1 is 1.42 bits per heavy atom. The number of fused-ring (bicyclic) bond motifs is 3. The Balaban J connectivity index is 2.01. The molecule has 19 heavy (non-hydrogen) atoms. The first-order valence-electron chi connectivity index (χ1n) is 6.64. The molecule has 1 aliphatic heterocycles. The fraction of sp³-hybridized carbons (Fsp3) is 0.400. The van der Waals surface area contributed by atoms with Gasteiger partial charge in [-0.1, -0.05) is 25.4 Å². The van der Waals surface area contributed by atoms with E-state index in [4.69, 9.17) is 11.6 Å². The Hall–Kier alpha value is -1.48. The number of nitrogens with one attached hydrogen (secondary N) is 1. The van der Waals surface area contributed by atoms with E-state index in [0.29, 0.717) is 6.54 Å². The van der Waals surface area contributed by atoms with Gasteiger partial charge in [0.15, 0.2) is 0 Å². The predicted octanol–water partition coefficient (Wildman–Crippen LogP) is 3.36. The summed E-state index contributed by atoms with van der Waals surface area (Å²) in [6.45, 7) is 5.38. The smallest absolute Gasteiger partial charge is 0.225 e. The minimum absolute atomic E-state index is 0.0512. The second-order valence-corrected chi connectivity index (χ2v) is 5.87. The molecule has 0 fully saturated rings. The van der Waals surface area contributed by atoms with Gasteiger partial charge in [0.05, 0.1) is 0 Å². The molecule has 1 aliphatic rings. The molecule has 1 N–H and O–H groups in total. The topological polar surface area (TPSA) is 36.1 Å². The van der Waals surface area contributed by atoms with Crippen molar-refractivity contribution in [2.24, 2.45) is 5.92 Å². The molecule has 0 saturated carbocycles. The number of aromatic amines is 1. The van der Waals surface area contributed by atoms with Crippen LogP contribution in [-0.4, -0.2) is 22.3 Å². The molecule has 0 unspecified atom stereocenters. The van der Waals surface area contributed by atoms with Gasteiger partial charge in [0, 0.05) is 52.6 Å². The SMILES string of the molecule is CC(C)C(=O)N1CCc2[nH]c3ccc(Cl)cc3c2C1. The van der Waals surface area contributed by atoms with Crippen LogP contribution in [0.5, 0.6) is 0 Å². The highest BCUT2D eigenvalue weighted by Gasteiger charge is 2.25. The number of aromatic nitrogens is 1. The van der Waals surface area contributed by atoms with Crippen molar-refractivity contribution >= 4 is 28.4 Å². The molecule has 100 valence electrons. The van der Waals surface area contributed by atoms with Crippen molar-refractivity contribution in [1.29, 1.82) is 0 Å². The van der Waals surface area contributed by atoms with Crippen LogP contribution in [0.2, 0.25) is 5.02 Å². The molecule has 1 aromatic heterocycles.